The van der Waals surface area contributed by atoms with Gasteiger partial charge in [-0.15, -0.1) is 0 Å². The van der Waals surface area contributed by atoms with E-state index in [0.717, 1.165) is 90.7 Å². The SMILES string of the molecule is CN(C)CCN(C)CCOC1CCC(NC2NCC(C3CCC(C(=O)NCC(=O)OC(C)(C)C)CC3)CN2)CC1. The van der Waals surface area contributed by atoms with Crippen LogP contribution in [0.4, 0.5) is 0 Å². The zero-order valence-corrected chi connectivity index (χ0v) is 26.1. The van der Waals surface area contributed by atoms with Crippen LogP contribution in [0.1, 0.15) is 72.1 Å². The molecule has 10 nitrogen and oxygen atoms in total. The number of rotatable bonds is 13. The van der Waals surface area contributed by atoms with Crippen LogP contribution in [0.5, 0.6) is 0 Å². The first-order valence-electron chi connectivity index (χ1n) is 15.7. The van der Waals surface area contributed by atoms with E-state index in [0.29, 0.717) is 24.0 Å². The van der Waals surface area contributed by atoms with Gasteiger partial charge in [0.25, 0.3) is 0 Å². The first-order chi connectivity index (χ1) is 19.0. The highest BCUT2D eigenvalue weighted by Gasteiger charge is 2.33. The van der Waals surface area contributed by atoms with Gasteiger partial charge in [0.2, 0.25) is 5.91 Å². The molecule has 0 unspecified atom stereocenters. The number of ether oxygens (including phenoxy) is 2. The van der Waals surface area contributed by atoms with Crippen molar-refractivity contribution in [3.8, 4) is 0 Å². The highest BCUT2D eigenvalue weighted by atomic mass is 16.6. The van der Waals surface area contributed by atoms with Crippen molar-refractivity contribution in [2.75, 3.05) is 67.0 Å². The first kappa shape index (κ1) is 33.2. The summed E-state index contributed by atoms with van der Waals surface area (Å²) in [6, 6.07) is 0.527. The summed E-state index contributed by atoms with van der Waals surface area (Å²) >= 11 is 0. The Bertz CT molecular complexity index is 752. The van der Waals surface area contributed by atoms with Gasteiger partial charge in [0.1, 0.15) is 18.4 Å². The zero-order valence-electron chi connectivity index (χ0n) is 26.1. The fraction of sp³-hybridized carbons (Fsp3) is 0.933. The van der Waals surface area contributed by atoms with Gasteiger partial charge < -0.3 is 24.6 Å². The monoisotopic (exact) mass is 566 g/mol. The number of carbonyl (C=O) groups excluding carboxylic acids is 2. The molecule has 0 aromatic rings. The van der Waals surface area contributed by atoms with Crippen molar-refractivity contribution in [3.05, 3.63) is 0 Å². The molecule has 0 aromatic heterocycles. The van der Waals surface area contributed by atoms with E-state index in [9.17, 15) is 9.59 Å². The molecule has 40 heavy (non-hydrogen) atoms. The van der Waals surface area contributed by atoms with Gasteiger partial charge in [-0.2, -0.15) is 0 Å². The highest BCUT2D eigenvalue weighted by molar-refractivity contribution is 5.83. The summed E-state index contributed by atoms with van der Waals surface area (Å²) in [5, 5.41) is 13.9. The third-order valence-corrected chi connectivity index (χ3v) is 8.64. The Hall–Kier alpha value is -1.30. The predicted molar refractivity (Wildman–Crippen MR) is 159 cm³/mol. The molecule has 1 heterocycles. The summed E-state index contributed by atoms with van der Waals surface area (Å²) in [6.45, 7) is 11.4. The van der Waals surface area contributed by atoms with Crippen molar-refractivity contribution in [2.45, 2.75) is 96.2 Å². The van der Waals surface area contributed by atoms with Crippen molar-refractivity contribution >= 4 is 11.9 Å². The minimum Gasteiger partial charge on any atom is -0.459 e. The molecule has 1 amide bonds. The Morgan fingerprint density at radius 3 is 2.10 bits per heavy atom. The van der Waals surface area contributed by atoms with E-state index >= 15 is 0 Å². The lowest BCUT2D eigenvalue weighted by atomic mass is 9.75. The number of esters is 1. The van der Waals surface area contributed by atoms with Gasteiger partial charge in [0.15, 0.2) is 0 Å². The molecular weight excluding hydrogens is 508 g/mol. The molecule has 1 saturated heterocycles. The van der Waals surface area contributed by atoms with Gasteiger partial charge in [0, 0.05) is 44.7 Å². The second kappa shape index (κ2) is 16.4. The van der Waals surface area contributed by atoms with Crippen LogP contribution in [0.15, 0.2) is 0 Å². The second-order valence-electron chi connectivity index (χ2n) is 13.5. The highest BCUT2D eigenvalue weighted by Crippen LogP contribution is 2.34. The third-order valence-electron chi connectivity index (χ3n) is 8.64. The van der Waals surface area contributed by atoms with Crippen LogP contribution in [-0.2, 0) is 19.1 Å². The maximum absolute atomic E-state index is 12.6. The summed E-state index contributed by atoms with van der Waals surface area (Å²) in [5.41, 5.74) is -0.534. The fourth-order valence-corrected chi connectivity index (χ4v) is 6.16. The molecule has 0 bridgehead atoms. The molecule has 0 aromatic carbocycles. The Kier molecular flexibility index (Phi) is 13.6. The van der Waals surface area contributed by atoms with Crippen LogP contribution in [0.2, 0.25) is 0 Å². The molecular formula is C30H58N6O4. The minimum absolute atomic E-state index is 0.000650. The Morgan fingerprint density at radius 1 is 0.850 bits per heavy atom. The largest absolute Gasteiger partial charge is 0.459 e. The molecule has 2 aliphatic carbocycles. The molecule has 2 saturated carbocycles. The van der Waals surface area contributed by atoms with Crippen LogP contribution in [0.25, 0.3) is 0 Å². The van der Waals surface area contributed by atoms with Crippen molar-refractivity contribution in [1.82, 2.24) is 31.1 Å². The van der Waals surface area contributed by atoms with E-state index in [4.69, 9.17) is 9.47 Å². The van der Waals surface area contributed by atoms with Gasteiger partial charge >= 0.3 is 5.97 Å². The number of carbonyl (C=O) groups is 2. The number of amides is 1. The maximum atomic E-state index is 12.6. The molecule has 3 rings (SSSR count). The van der Waals surface area contributed by atoms with E-state index < -0.39 is 5.60 Å². The molecule has 4 N–H and O–H groups in total. The van der Waals surface area contributed by atoms with Crippen LogP contribution in [-0.4, -0.2) is 113 Å². The van der Waals surface area contributed by atoms with E-state index in [-0.39, 0.29) is 30.6 Å². The maximum Gasteiger partial charge on any atom is 0.325 e. The van der Waals surface area contributed by atoms with Crippen LogP contribution >= 0.6 is 0 Å². The smallest absolute Gasteiger partial charge is 0.325 e. The number of likely N-dealkylation sites (N-methyl/N-ethyl adjacent to an activating group) is 2. The van der Waals surface area contributed by atoms with Crippen molar-refractivity contribution in [3.63, 3.8) is 0 Å². The minimum atomic E-state index is -0.534. The number of hydrogen-bond donors (Lipinski definition) is 4. The lowest BCUT2D eigenvalue weighted by Gasteiger charge is -2.40. The van der Waals surface area contributed by atoms with Crippen molar-refractivity contribution in [2.24, 2.45) is 17.8 Å². The average molecular weight is 567 g/mol. The standard InChI is InChI=1S/C30H58N6O4/c1-30(2,3)40-27(37)21-31-28(38)23-9-7-22(8-10-23)24-19-32-29(33-20-24)34-25-11-13-26(14-12-25)39-18-17-36(6)16-15-35(4)5/h22-26,29,32-34H,7-21H2,1-6H3,(H,31,38). The summed E-state index contributed by atoms with van der Waals surface area (Å²) in [7, 11) is 6.40. The molecule has 1 aliphatic heterocycles. The summed E-state index contributed by atoms with van der Waals surface area (Å²) in [4.78, 5) is 29.0. The Labute approximate surface area is 243 Å². The van der Waals surface area contributed by atoms with Gasteiger partial charge in [-0.3, -0.25) is 25.5 Å². The van der Waals surface area contributed by atoms with E-state index in [1.165, 1.54) is 0 Å². The van der Waals surface area contributed by atoms with Gasteiger partial charge in [-0.05, 0) is 105 Å². The molecule has 0 radical (unpaired) electrons. The van der Waals surface area contributed by atoms with Gasteiger partial charge in [-0.25, -0.2) is 0 Å². The predicted octanol–water partition coefficient (Wildman–Crippen LogP) is 1.75. The van der Waals surface area contributed by atoms with Gasteiger partial charge in [0.05, 0.1) is 12.7 Å². The van der Waals surface area contributed by atoms with E-state index in [1.54, 1.807) is 0 Å². The fourth-order valence-electron chi connectivity index (χ4n) is 6.16. The van der Waals surface area contributed by atoms with Crippen LogP contribution < -0.4 is 21.3 Å². The summed E-state index contributed by atoms with van der Waals surface area (Å²) in [5.74, 6) is 0.823. The number of hydrogen-bond acceptors (Lipinski definition) is 9. The number of nitrogens with one attached hydrogen (secondary N) is 4. The molecule has 0 atom stereocenters. The van der Waals surface area contributed by atoms with E-state index in [2.05, 4.69) is 52.2 Å². The first-order valence-corrected chi connectivity index (χ1v) is 15.7. The van der Waals surface area contributed by atoms with Gasteiger partial charge in [-0.1, -0.05) is 0 Å². The van der Waals surface area contributed by atoms with Crippen LogP contribution in [0.3, 0.4) is 0 Å². The lowest BCUT2D eigenvalue weighted by molar-refractivity contribution is -0.154. The Balaban J connectivity index is 1.24. The topological polar surface area (TPSA) is 107 Å². The summed E-state index contributed by atoms with van der Waals surface area (Å²) in [6.07, 6.45) is 9.03. The molecule has 0 spiro atoms. The molecule has 232 valence electrons. The third kappa shape index (κ3) is 12.3. The average Bonchev–Trinajstić information content (AvgIpc) is 2.91. The number of nitrogens with zero attached hydrogens (tertiary/aromatic N) is 2. The second-order valence-corrected chi connectivity index (χ2v) is 13.5. The van der Waals surface area contributed by atoms with E-state index in [1.807, 2.05) is 20.8 Å². The normalized spacial score (nSPS) is 29.9. The summed E-state index contributed by atoms with van der Waals surface area (Å²) < 4.78 is 11.5. The molecule has 3 aliphatic rings. The molecule has 3 fully saturated rings. The van der Waals surface area contributed by atoms with Crippen LogP contribution in [0, 0.1) is 17.8 Å². The quantitative estimate of drug-likeness (QED) is 0.248. The van der Waals surface area contributed by atoms with Crippen molar-refractivity contribution in [1.29, 1.82) is 0 Å². The zero-order chi connectivity index (χ0) is 29.1. The molecule has 10 heteroatoms. The lowest BCUT2D eigenvalue weighted by Crippen LogP contribution is -2.63. The van der Waals surface area contributed by atoms with Crippen molar-refractivity contribution < 1.29 is 19.1 Å². The Morgan fingerprint density at radius 2 is 1.50 bits per heavy atom.